The van der Waals surface area contributed by atoms with Crippen LogP contribution < -0.4 is 10.6 Å². The van der Waals surface area contributed by atoms with Gasteiger partial charge in [-0.2, -0.15) is 0 Å². The molecule has 2 N–H and O–H groups in total. The van der Waals surface area contributed by atoms with Crippen LogP contribution in [0, 0.1) is 12.7 Å². The van der Waals surface area contributed by atoms with Gasteiger partial charge in [-0.25, -0.2) is 9.37 Å². The number of guanidine groups is 1. The summed E-state index contributed by atoms with van der Waals surface area (Å²) in [5.74, 6) is 0.628. The molecular weight excluding hydrogens is 335 g/mol. The number of benzene rings is 1. The van der Waals surface area contributed by atoms with E-state index < -0.39 is 0 Å². The zero-order valence-corrected chi connectivity index (χ0v) is 15.6. The van der Waals surface area contributed by atoms with Gasteiger partial charge in [-0.05, 0) is 37.5 Å². The molecule has 0 bridgehead atoms. The van der Waals surface area contributed by atoms with Crippen molar-refractivity contribution in [2.45, 2.75) is 38.0 Å². The molecule has 6 heteroatoms. The Morgan fingerprint density at radius 2 is 2.04 bits per heavy atom. The van der Waals surface area contributed by atoms with E-state index in [1.165, 1.54) is 16.9 Å². The van der Waals surface area contributed by atoms with Crippen LogP contribution in [0.25, 0.3) is 0 Å². The maximum absolute atomic E-state index is 13.2. The third-order valence-electron chi connectivity index (χ3n) is 4.89. The van der Waals surface area contributed by atoms with E-state index in [1.54, 1.807) is 30.5 Å². The number of rotatable bonds is 6. The van der Waals surface area contributed by atoms with E-state index in [0.717, 1.165) is 43.3 Å². The predicted molar refractivity (Wildman–Crippen MR) is 102 cm³/mol. The highest BCUT2D eigenvalue weighted by Crippen LogP contribution is 2.43. The van der Waals surface area contributed by atoms with Crippen molar-refractivity contribution < 1.29 is 4.39 Å². The van der Waals surface area contributed by atoms with E-state index in [4.69, 9.17) is 0 Å². The van der Waals surface area contributed by atoms with Crippen LogP contribution in [0.1, 0.15) is 34.7 Å². The maximum Gasteiger partial charge on any atom is 0.191 e. The van der Waals surface area contributed by atoms with Gasteiger partial charge in [0.15, 0.2) is 5.96 Å². The number of hydrogen-bond acceptors (Lipinski definition) is 3. The molecule has 0 spiro atoms. The van der Waals surface area contributed by atoms with Gasteiger partial charge in [0.2, 0.25) is 0 Å². The van der Waals surface area contributed by atoms with Crippen LogP contribution in [0.5, 0.6) is 0 Å². The lowest BCUT2D eigenvalue weighted by Crippen LogP contribution is -2.49. The monoisotopic (exact) mass is 360 g/mol. The van der Waals surface area contributed by atoms with Gasteiger partial charge < -0.3 is 10.6 Å². The molecule has 0 aliphatic heterocycles. The van der Waals surface area contributed by atoms with Crippen molar-refractivity contribution in [1.29, 1.82) is 0 Å². The standard InChI is InChI=1S/C19H25FN4S/c1-14-12-23-17(25-14)8-11-22-18(21-2)24-13-19(9-3-10-19)15-4-6-16(20)7-5-15/h4-7,12H,3,8-11,13H2,1-2H3,(H2,21,22,24). The highest BCUT2D eigenvalue weighted by molar-refractivity contribution is 7.11. The normalized spacial score (nSPS) is 16.4. The fourth-order valence-corrected chi connectivity index (χ4v) is 4.04. The Hall–Kier alpha value is -1.95. The van der Waals surface area contributed by atoms with Crippen molar-refractivity contribution >= 4 is 17.3 Å². The molecular formula is C19H25FN4S. The fraction of sp³-hybridized carbons (Fsp3) is 0.474. The predicted octanol–water partition coefficient (Wildman–Crippen LogP) is 3.42. The average Bonchev–Trinajstić information content (AvgIpc) is 2.99. The number of aromatic nitrogens is 1. The maximum atomic E-state index is 13.2. The summed E-state index contributed by atoms with van der Waals surface area (Å²) in [5.41, 5.74) is 1.30. The smallest absolute Gasteiger partial charge is 0.191 e. The SMILES string of the molecule is CN=C(NCCc1ncc(C)s1)NCC1(c2ccc(F)cc2)CCC1. The van der Waals surface area contributed by atoms with Crippen molar-refractivity contribution in [2.75, 3.05) is 20.1 Å². The highest BCUT2D eigenvalue weighted by atomic mass is 32.1. The van der Waals surface area contributed by atoms with Crippen LogP contribution in [0.2, 0.25) is 0 Å². The number of hydrogen-bond donors (Lipinski definition) is 2. The van der Waals surface area contributed by atoms with Gasteiger partial charge in [-0.1, -0.05) is 18.6 Å². The van der Waals surface area contributed by atoms with Crippen LogP contribution >= 0.6 is 11.3 Å². The van der Waals surface area contributed by atoms with Crippen LogP contribution in [0.15, 0.2) is 35.5 Å². The van der Waals surface area contributed by atoms with Gasteiger partial charge in [-0.15, -0.1) is 11.3 Å². The van der Waals surface area contributed by atoms with Crippen LogP contribution in [0.3, 0.4) is 0 Å². The lowest BCUT2D eigenvalue weighted by molar-refractivity contribution is 0.243. The Balaban J connectivity index is 1.52. The number of thiazole rings is 1. The first-order chi connectivity index (χ1) is 12.1. The number of nitrogens with one attached hydrogen (secondary N) is 2. The van der Waals surface area contributed by atoms with E-state index in [0.29, 0.717) is 0 Å². The van der Waals surface area contributed by atoms with E-state index in [1.807, 2.05) is 18.3 Å². The average molecular weight is 361 g/mol. The first-order valence-corrected chi connectivity index (χ1v) is 9.55. The Morgan fingerprint density at radius 1 is 1.28 bits per heavy atom. The minimum absolute atomic E-state index is 0.0950. The summed E-state index contributed by atoms with van der Waals surface area (Å²) in [6, 6.07) is 6.94. The lowest BCUT2D eigenvalue weighted by Gasteiger charge is -2.43. The summed E-state index contributed by atoms with van der Waals surface area (Å²) in [4.78, 5) is 9.93. The van der Waals surface area contributed by atoms with Gasteiger partial charge in [0, 0.05) is 43.0 Å². The molecule has 0 atom stereocenters. The first kappa shape index (κ1) is 17.9. The molecule has 134 valence electrons. The minimum Gasteiger partial charge on any atom is -0.356 e. The molecule has 1 saturated carbocycles. The number of aryl methyl sites for hydroxylation is 1. The van der Waals surface area contributed by atoms with Gasteiger partial charge in [0.05, 0.1) is 5.01 Å². The third-order valence-corrected chi connectivity index (χ3v) is 5.86. The molecule has 4 nitrogen and oxygen atoms in total. The molecule has 0 saturated heterocycles. The highest BCUT2D eigenvalue weighted by Gasteiger charge is 2.38. The van der Waals surface area contributed by atoms with E-state index in [2.05, 4.69) is 27.5 Å². The quantitative estimate of drug-likeness (QED) is 0.613. The topological polar surface area (TPSA) is 49.3 Å². The zero-order chi connectivity index (χ0) is 17.7. The number of aliphatic imine (C=N–C) groups is 1. The molecule has 1 heterocycles. The molecule has 3 rings (SSSR count). The Morgan fingerprint density at radius 3 is 2.60 bits per heavy atom. The van der Waals surface area contributed by atoms with Crippen molar-refractivity contribution in [2.24, 2.45) is 4.99 Å². The molecule has 0 radical (unpaired) electrons. The lowest BCUT2D eigenvalue weighted by atomic mass is 9.64. The summed E-state index contributed by atoms with van der Waals surface area (Å²) >= 11 is 1.73. The zero-order valence-electron chi connectivity index (χ0n) is 14.8. The summed E-state index contributed by atoms with van der Waals surface area (Å²) < 4.78 is 13.2. The summed E-state index contributed by atoms with van der Waals surface area (Å²) in [7, 11) is 1.79. The van der Waals surface area contributed by atoms with Crippen LogP contribution in [0.4, 0.5) is 4.39 Å². The van der Waals surface area contributed by atoms with E-state index >= 15 is 0 Å². The second kappa shape index (κ2) is 7.95. The van der Waals surface area contributed by atoms with Crippen molar-refractivity contribution in [1.82, 2.24) is 15.6 Å². The van der Waals surface area contributed by atoms with E-state index in [-0.39, 0.29) is 11.2 Å². The Kier molecular flexibility index (Phi) is 5.68. The van der Waals surface area contributed by atoms with Crippen molar-refractivity contribution in [3.8, 4) is 0 Å². The largest absolute Gasteiger partial charge is 0.356 e. The molecule has 2 aromatic rings. The molecule has 0 unspecified atom stereocenters. The van der Waals surface area contributed by atoms with Crippen molar-refractivity contribution in [3.05, 3.63) is 51.7 Å². The second-order valence-electron chi connectivity index (χ2n) is 6.61. The summed E-state index contributed by atoms with van der Waals surface area (Å²) in [5, 5.41) is 7.94. The number of halogens is 1. The second-order valence-corrected chi connectivity index (χ2v) is 7.93. The van der Waals surface area contributed by atoms with Crippen LogP contribution in [-0.4, -0.2) is 31.1 Å². The summed E-state index contributed by atoms with van der Waals surface area (Å²) in [6.07, 6.45) is 6.27. The molecule has 0 amide bonds. The van der Waals surface area contributed by atoms with Crippen molar-refractivity contribution in [3.63, 3.8) is 0 Å². The summed E-state index contributed by atoms with van der Waals surface area (Å²) in [6.45, 7) is 3.69. The van der Waals surface area contributed by atoms with Crippen LogP contribution in [-0.2, 0) is 11.8 Å². The number of nitrogens with zero attached hydrogens (tertiary/aromatic N) is 2. The molecule has 1 aliphatic carbocycles. The van der Waals surface area contributed by atoms with Gasteiger partial charge in [0.25, 0.3) is 0 Å². The molecule has 1 aromatic carbocycles. The molecule has 1 aromatic heterocycles. The minimum atomic E-state index is -0.180. The Bertz CT molecular complexity index is 719. The molecule has 1 fully saturated rings. The van der Waals surface area contributed by atoms with E-state index in [9.17, 15) is 4.39 Å². The molecule has 25 heavy (non-hydrogen) atoms. The van der Waals surface area contributed by atoms with Gasteiger partial charge in [-0.3, -0.25) is 4.99 Å². The Labute approximate surface area is 152 Å². The molecule has 1 aliphatic rings. The first-order valence-electron chi connectivity index (χ1n) is 8.73. The fourth-order valence-electron chi connectivity index (χ4n) is 3.25. The third kappa shape index (κ3) is 4.37. The van der Waals surface area contributed by atoms with Gasteiger partial charge >= 0.3 is 0 Å². The van der Waals surface area contributed by atoms with Gasteiger partial charge in [0.1, 0.15) is 5.82 Å².